The van der Waals surface area contributed by atoms with E-state index in [1.165, 1.54) is 0 Å². The Morgan fingerprint density at radius 3 is 2.58 bits per heavy atom. The molecule has 1 rings (SSSR count). The second-order valence-corrected chi connectivity index (χ2v) is 3.33. The monoisotopic (exact) mass is 307 g/mol. The zero-order valence-corrected chi connectivity index (χ0v) is 8.41. The summed E-state index contributed by atoms with van der Waals surface area (Å²) in [6, 6.07) is 0. The lowest BCUT2D eigenvalue weighted by molar-refractivity contribution is 0.150. The van der Waals surface area contributed by atoms with Gasteiger partial charge in [-0.05, 0) is 22.6 Å². The Morgan fingerprint density at radius 1 is 1.50 bits per heavy atom. The minimum Gasteiger partial charge on any atom is -0.247 e. The molecule has 0 amide bonds. The van der Waals surface area contributed by atoms with Crippen molar-refractivity contribution in [2.75, 3.05) is 0 Å². The molecule has 0 unspecified atom stereocenters. The number of hydrogen-bond acceptors (Lipinski definition) is 1. The van der Waals surface area contributed by atoms with Crippen molar-refractivity contribution in [3.8, 4) is 0 Å². The van der Waals surface area contributed by atoms with Gasteiger partial charge in [0.2, 0.25) is 0 Å². The van der Waals surface area contributed by atoms with Crippen molar-refractivity contribution in [2.24, 2.45) is 0 Å². The summed E-state index contributed by atoms with van der Waals surface area (Å²) in [7, 11) is 0. The Morgan fingerprint density at radius 2 is 2.08 bits per heavy atom. The highest BCUT2D eigenvalue weighted by Gasteiger charge is 2.17. The average Bonchev–Trinajstić information content (AvgIpc) is 2.00. The fourth-order valence-electron chi connectivity index (χ4n) is 0.609. The summed E-state index contributed by atoms with van der Waals surface area (Å²) in [4.78, 5) is 3.41. The maximum atomic E-state index is 12.8. The number of pyridine rings is 1. The van der Waals surface area contributed by atoms with Gasteiger partial charge in [-0.15, -0.1) is 0 Å². The third kappa shape index (κ3) is 1.82. The van der Waals surface area contributed by atoms with Gasteiger partial charge in [-0.1, -0.05) is 11.6 Å². The van der Waals surface area contributed by atoms with Crippen LogP contribution >= 0.6 is 34.2 Å². The van der Waals surface area contributed by atoms with Crippen LogP contribution in [0.3, 0.4) is 0 Å². The molecular formula is C6H2ClF3IN. The van der Waals surface area contributed by atoms with Gasteiger partial charge in [0.25, 0.3) is 6.43 Å². The van der Waals surface area contributed by atoms with Gasteiger partial charge in [-0.3, -0.25) is 0 Å². The molecule has 0 aromatic carbocycles. The highest BCUT2D eigenvalue weighted by Crippen LogP contribution is 2.29. The lowest BCUT2D eigenvalue weighted by atomic mass is 10.3. The minimum absolute atomic E-state index is 0.0120. The fraction of sp³-hybridized carbons (Fsp3) is 0.167. The van der Waals surface area contributed by atoms with Gasteiger partial charge in [0.05, 0.1) is 10.6 Å². The van der Waals surface area contributed by atoms with Crippen LogP contribution in [0.25, 0.3) is 0 Å². The Balaban J connectivity index is 3.27. The first kappa shape index (κ1) is 10.0. The van der Waals surface area contributed by atoms with E-state index in [9.17, 15) is 13.2 Å². The molecule has 0 bridgehead atoms. The Labute approximate surface area is 85.1 Å². The van der Waals surface area contributed by atoms with E-state index in [0.717, 1.165) is 6.20 Å². The lowest BCUT2D eigenvalue weighted by Gasteiger charge is -2.03. The summed E-state index contributed by atoms with van der Waals surface area (Å²) < 4.78 is 36.9. The molecule has 1 heterocycles. The van der Waals surface area contributed by atoms with Gasteiger partial charge < -0.3 is 0 Å². The normalized spacial score (nSPS) is 10.8. The van der Waals surface area contributed by atoms with E-state index in [1.54, 1.807) is 22.6 Å². The van der Waals surface area contributed by atoms with Gasteiger partial charge in [0.1, 0.15) is 3.70 Å². The Bertz CT molecular complexity index is 305. The third-order valence-electron chi connectivity index (χ3n) is 1.18. The predicted molar refractivity (Wildman–Crippen MR) is 46.9 cm³/mol. The van der Waals surface area contributed by atoms with Gasteiger partial charge >= 0.3 is 0 Å². The topological polar surface area (TPSA) is 12.9 Å². The van der Waals surface area contributed by atoms with Gasteiger partial charge in [-0.2, -0.15) is 0 Å². The van der Waals surface area contributed by atoms with Crippen molar-refractivity contribution in [3.05, 3.63) is 26.3 Å². The second kappa shape index (κ2) is 3.78. The highest BCUT2D eigenvalue weighted by atomic mass is 127. The molecule has 0 saturated heterocycles. The maximum absolute atomic E-state index is 12.8. The number of alkyl halides is 2. The van der Waals surface area contributed by atoms with Crippen molar-refractivity contribution in [1.29, 1.82) is 0 Å². The summed E-state index contributed by atoms with van der Waals surface area (Å²) in [5, 5.41) is -0.551. The molecule has 0 aliphatic carbocycles. The van der Waals surface area contributed by atoms with Crippen LogP contribution in [0.2, 0.25) is 5.02 Å². The van der Waals surface area contributed by atoms with E-state index in [1.807, 2.05) is 0 Å². The van der Waals surface area contributed by atoms with Crippen LogP contribution in [0.4, 0.5) is 13.2 Å². The molecule has 1 aromatic rings. The summed E-state index contributed by atoms with van der Waals surface area (Å²) >= 11 is 6.87. The molecule has 1 aromatic heterocycles. The van der Waals surface area contributed by atoms with Gasteiger partial charge in [0, 0.05) is 6.20 Å². The van der Waals surface area contributed by atoms with Gasteiger partial charge in [0.15, 0.2) is 5.82 Å². The van der Waals surface area contributed by atoms with Crippen molar-refractivity contribution in [3.63, 3.8) is 0 Å². The summed E-state index contributed by atoms with van der Waals surface area (Å²) in [6.07, 6.45) is -1.92. The first-order valence-corrected chi connectivity index (χ1v) is 4.27. The third-order valence-corrected chi connectivity index (χ3v) is 2.32. The minimum atomic E-state index is -2.79. The van der Waals surface area contributed by atoms with E-state index >= 15 is 0 Å². The van der Waals surface area contributed by atoms with Crippen LogP contribution in [0, 0.1) is 9.52 Å². The Hall–Kier alpha value is -0.0400. The SMILES string of the molecule is Fc1c(I)ncc(C(F)F)c1Cl. The summed E-state index contributed by atoms with van der Waals surface area (Å²) in [6.45, 7) is 0. The predicted octanol–water partition coefficient (Wildman–Crippen LogP) is 3.42. The summed E-state index contributed by atoms with van der Waals surface area (Å²) in [5.41, 5.74) is -0.574. The molecule has 0 radical (unpaired) electrons. The zero-order chi connectivity index (χ0) is 9.30. The van der Waals surface area contributed by atoms with Crippen molar-refractivity contribution >= 4 is 34.2 Å². The lowest BCUT2D eigenvalue weighted by Crippen LogP contribution is -1.95. The van der Waals surface area contributed by atoms with E-state index in [0.29, 0.717) is 0 Å². The van der Waals surface area contributed by atoms with Crippen LogP contribution in [0.5, 0.6) is 0 Å². The highest BCUT2D eigenvalue weighted by molar-refractivity contribution is 14.1. The van der Waals surface area contributed by atoms with E-state index < -0.39 is 22.8 Å². The Kier molecular flexibility index (Phi) is 3.16. The molecule has 1 nitrogen and oxygen atoms in total. The molecule has 66 valence electrons. The van der Waals surface area contributed by atoms with Crippen LogP contribution < -0.4 is 0 Å². The van der Waals surface area contributed by atoms with Crippen LogP contribution in [0.1, 0.15) is 12.0 Å². The number of halogens is 5. The van der Waals surface area contributed by atoms with Crippen molar-refractivity contribution < 1.29 is 13.2 Å². The van der Waals surface area contributed by atoms with Crippen molar-refractivity contribution in [2.45, 2.75) is 6.43 Å². The van der Waals surface area contributed by atoms with E-state index in [4.69, 9.17) is 11.6 Å². The van der Waals surface area contributed by atoms with Crippen molar-refractivity contribution in [1.82, 2.24) is 4.98 Å². The molecule has 0 N–H and O–H groups in total. The average molecular weight is 307 g/mol. The second-order valence-electron chi connectivity index (χ2n) is 1.93. The zero-order valence-electron chi connectivity index (χ0n) is 5.49. The number of rotatable bonds is 1. The smallest absolute Gasteiger partial charge is 0.247 e. The van der Waals surface area contributed by atoms with Gasteiger partial charge in [-0.25, -0.2) is 18.2 Å². The molecule has 0 spiro atoms. The molecule has 0 fully saturated rings. The molecule has 12 heavy (non-hydrogen) atoms. The first-order chi connectivity index (χ1) is 5.54. The fourth-order valence-corrected chi connectivity index (χ4v) is 1.40. The largest absolute Gasteiger partial charge is 0.266 e. The van der Waals surface area contributed by atoms with Crippen LogP contribution in [-0.4, -0.2) is 4.98 Å². The molecule has 0 aliphatic heterocycles. The quantitative estimate of drug-likeness (QED) is 0.572. The van der Waals surface area contributed by atoms with E-state index in [2.05, 4.69) is 4.98 Å². The number of nitrogens with zero attached hydrogens (tertiary/aromatic N) is 1. The first-order valence-electron chi connectivity index (χ1n) is 2.81. The molecule has 6 heteroatoms. The standard InChI is InChI=1S/C6H2ClF3IN/c7-3-2(5(9)10)1-12-6(11)4(3)8/h1,5H. The number of aromatic nitrogens is 1. The van der Waals surface area contributed by atoms with Crippen LogP contribution in [-0.2, 0) is 0 Å². The molecule has 0 atom stereocenters. The molecular weight excluding hydrogens is 305 g/mol. The maximum Gasteiger partial charge on any atom is 0.266 e. The summed E-state index contributed by atoms with van der Waals surface area (Å²) in [5.74, 6) is -0.893. The molecule has 0 aliphatic rings. The molecule has 0 saturated carbocycles. The van der Waals surface area contributed by atoms with E-state index in [-0.39, 0.29) is 3.70 Å². The van der Waals surface area contributed by atoms with Crippen LogP contribution in [0.15, 0.2) is 6.20 Å². The number of hydrogen-bond donors (Lipinski definition) is 0.